The number of hydrogen-bond donors (Lipinski definition) is 2. The fraction of sp³-hybridized carbons (Fsp3) is 0.500. The summed E-state index contributed by atoms with van der Waals surface area (Å²) in [6, 6.07) is 3.40. The van der Waals surface area contributed by atoms with Crippen molar-refractivity contribution in [3.63, 3.8) is 0 Å². The van der Waals surface area contributed by atoms with E-state index >= 15 is 0 Å². The SMILES string of the molecule is O=C(NCCCOCCO)c1ccc(Cl)s1. The van der Waals surface area contributed by atoms with Crippen molar-refractivity contribution in [1.82, 2.24) is 5.32 Å². The van der Waals surface area contributed by atoms with E-state index in [-0.39, 0.29) is 12.5 Å². The molecule has 0 aliphatic heterocycles. The number of halogens is 1. The van der Waals surface area contributed by atoms with Crippen molar-refractivity contribution in [3.05, 3.63) is 21.3 Å². The summed E-state index contributed by atoms with van der Waals surface area (Å²) in [5.74, 6) is -0.112. The van der Waals surface area contributed by atoms with Crippen molar-refractivity contribution in [1.29, 1.82) is 0 Å². The number of amides is 1. The van der Waals surface area contributed by atoms with Gasteiger partial charge in [0.25, 0.3) is 5.91 Å². The van der Waals surface area contributed by atoms with Gasteiger partial charge in [-0.3, -0.25) is 4.79 Å². The van der Waals surface area contributed by atoms with Crippen LogP contribution in [0.4, 0.5) is 0 Å². The number of rotatable bonds is 7. The van der Waals surface area contributed by atoms with Gasteiger partial charge in [0.1, 0.15) is 0 Å². The molecule has 4 nitrogen and oxygen atoms in total. The Morgan fingerprint density at radius 3 is 2.94 bits per heavy atom. The van der Waals surface area contributed by atoms with Gasteiger partial charge in [-0.1, -0.05) is 11.6 Å². The average Bonchev–Trinajstić information content (AvgIpc) is 2.70. The Morgan fingerprint density at radius 1 is 1.50 bits per heavy atom. The van der Waals surface area contributed by atoms with E-state index in [1.165, 1.54) is 11.3 Å². The molecule has 1 heterocycles. The number of carbonyl (C=O) groups is 1. The molecule has 0 bridgehead atoms. The van der Waals surface area contributed by atoms with Crippen molar-refractivity contribution in [2.75, 3.05) is 26.4 Å². The summed E-state index contributed by atoms with van der Waals surface area (Å²) in [6.45, 7) is 1.46. The molecule has 1 aromatic rings. The predicted octanol–water partition coefficient (Wildman–Crippen LogP) is 1.53. The quantitative estimate of drug-likeness (QED) is 0.734. The average molecular weight is 264 g/mol. The normalized spacial score (nSPS) is 10.4. The summed E-state index contributed by atoms with van der Waals surface area (Å²) < 4.78 is 5.66. The highest BCUT2D eigenvalue weighted by atomic mass is 35.5. The standard InChI is InChI=1S/C10H14ClNO3S/c11-9-3-2-8(16-9)10(14)12-4-1-6-15-7-5-13/h2-3,13H,1,4-7H2,(H,12,14). The summed E-state index contributed by atoms with van der Waals surface area (Å²) in [5, 5.41) is 11.2. The first-order chi connectivity index (χ1) is 7.74. The molecule has 0 spiro atoms. The molecule has 2 N–H and O–H groups in total. The molecule has 0 unspecified atom stereocenters. The van der Waals surface area contributed by atoms with Gasteiger partial charge < -0.3 is 15.2 Å². The van der Waals surface area contributed by atoms with Crippen LogP contribution in [0, 0.1) is 0 Å². The van der Waals surface area contributed by atoms with Gasteiger partial charge >= 0.3 is 0 Å². The molecular weight excluding hydrogens is 250 g/mol. The molecule has 0 saturated carbocycles. The van der Waals surface area contributed by atoms with Gasteiger partial charge in [0.15, 0.2) is 0 Å². The third kappa shape index (κ3) is 4.94. The molecular formula is C10H14ClNO3S. The Labute approximate surface area is 103 Å². The highest BCUT2D eigenvalue weighted by Crippen LogP contribution is 2.20. The maximum absolute atomic E-state index is 11.5. The van der Waals surface area contributed by atoms with Crippen LogP contribution in [0.15, 0.2) is 12.1 Å². The van der Waals surface area contributed by atoms with Gasteiger partial charge in [0.05, 0.1) is 22.4 Å². The molecule has 0 saturated heterocycles. The lowest BCUT2D eigenvalue weighted by Gasteiger charge is -2.03. The molecule has 16 heavy (non-hydrogen) atoms. The third-order valence-electron chi connectivity index (χ3n) is 1.78. The summed E-state index contributed by atoms with van der Waals surface area (Å²) >= 11 is 6.97. The molecule has 0 aromatic carbocycles. The lowest BCUT2D eigenvalue weighted by Crippen LogP contribution is -2.24. The van der Waals surface area contributed by atoms with Crippen LogP contribution in [0.3, 0.4) is 0 Å². The van der Waals surface area contributed by atoms with Crippen molar-refractivity contribution >= 4 is 28.8 Å². The Morgan fingerprint density at radius 2 is 2.31 bits per heavy atom. The minimum Gasteiger partial charge on any atom is -0.394 e. The molecule has 90 valence electrons. The van der Waals surface area contributed by atoms with E-state index in [4.69, 9.17) is 21.4 Å². The zero-order valence-corrected chi connectivity index (χ0v) is 10.3. The van der Waals surface area contributed by atoms with Gasteiger partial charge in [0, 0.05) is 13.2 Å². The van der Waals surface area contributed by atoms with Crippen LogP contribution >= 0.6 is 22.9 Å². The Kier molecular flexibility index (Phi) is 6.40. The van der Waals surface area contributed by atoms with E-state index in [1.807, 2.05) is 0 Å². The monoisotopic (exact) mass is 263 g/mol. The smallest absolute Gasteiger partial charge is 0.261 e. The van der Waals surface area contributed by atoms with E-state index < -0.39 is 0 Å². The van der Waals surface area contributed by atoms with Crippen molar-refractivity contribution in [2.24, 2.45) is 0 Å². The van der Waals surface area contributed by atoms with Crippen LogP contribution in [-0.2, 0) is 4.74 Å². The largest absolute Gasteiger partial charge is 0.394 e. The summed E-state index contributed by atoms with van der Waals surface area (Å²) in [7, 11) is 0. The molecule has 0 fully saturated rings. The maximum Gasteiger partial charge on any atom is 0.261 e. The zero-order chi connectivity index (χ0) is 11.8. The number of thiophene rings is 1. The van der Waals surface area contributed by atoms with Gasteiger partial charge in [0.2, 0.25) is 0 Å². The van der Waals surface area contributed by atoms with E-state index in [0.29, 0.717) is 29.0 Å². The molecule has 0 aliphatic rings. The molecule has 6 heteroatoms. The highest BCUT2D eigenvalue weighted by Gasteiger charge is 2.07. The van der Waals surface area contributed by atoms with Crippen LogP contribution < -0.4 is 5.32 Å². The number of ether oxygens (including phenoxy) is 1. The summed E-state index contributed by atoms with van der Waals surface area (Å²) in [4.78, 5) is 12.1. The molecule has 1 amide bonds. The molecule has 0 atom stereocenters. The fourth-order valence-corrected chi connectivity index (χ4v) is 2.03. The van der Waals surface area contributed by atoms with Crippen LogP contribution in [0.25, 0.3) is 0 Å². The fourth-order valence-electron chi connectivity index (χ4n) is 1.07. The second-order valence-corrected chi connectivity index (χ2v) is 4.76. The number of aliphatic hydroxyl groups is 1. The Balaban J connectivity index is 2.11. The molecule has 0 aliphatic carbocycles. The number of carbonyl (C=O) groups excluding carboxylic acids is 1. The van der Waals surface area contributed by atoms with Crippen molar-refractivity contribution in [3.8, 4) is 0 Å². The third-order valence-corrected chi connectivity index (χ3v) is 3.01. The zero-order valence-electron chi connectivity index (χ0n) is 8.74. The van der Waals surface area contributed by atoms with E-state index in [9.17, 15) is 4.79 Å². The van der Waals surface area contributed by atoms with Crippen LogP contribution in [0.1, 0.15) is 16.1 Å². The Bertz CT molecular complexity index is 330. The first-order valence-corrected chi connectivity index (χ1v) is 6.15. The van der Waals surface area contributed by atoms with Gasteiger partial charge in [-0.25, -0.2) is 0 Å². The first-order valence-electron chi connectivity index (χ1n) is 4.96. The minimum absolute atomic E-state index is 0.0278. The second-order valence-electron chi connectivity index (χ2n) is 3.05. The van der Waals surface area contributed by atoms with E-state index in [0.717, 1.165) is 6.42 Å². The lowest BCUT2D eigenvalue weighted by molar-refractivity contribution is 0.0869. The van der Waals surface area contributed by atoms with Crippen molar-refractivity contribution in [2.45, 2.75) is 6.42 Å². The van der Waals surface area contributed by atoms with Gasteiger partial charge in [-0.15, -0.1) is 11.3 Å². The minimum atomic E-state index is -0.112. The first kappa shape index (κ1) is 13.4. The van der Waals surface area contributed by atoms with Crippen LogP contribution in [-0.4, -0.2) is 37.4 Å². The van der Waals surface area contributed by atoms with Gasteiger partial charge in [-0.05, 0) is 18.6 Å². The number of nitrogens with one attached hydrogen (secondary N) is 1. The van der Waals surface area contributed by atoms with Crippen LogP contribution in [0.2, 0.25) is 4.34 Å². The molecule has 1 rings (SSSR count). The summed E-state index contributed by atoms with van der Waals surface area (Å²) in [5.41, 5.74) is 0. The molecule has 0 radical (unpaired) electrons. The second kappa shape index (κ2) is 7.62. The predicted molar refractivity (Wildman–Crippen MR) is 64.2 cm³/mol. The van der Waals surface area contributed by atoms with Crippen molar-refractivity contribution < 1.29 is 14.6 Å². The Hall–Kier alpha value is -0.620. The van der Waals surface area contributed by atoms with Crippen LogP contribution in [0.5, 0.6) is 0 Å². The van der Waals surface area contributed by atoms with E-state index in [1.54, 1.807) is 12.1 Å². The summed E-state index contributed by atoms with van der Waals surface area (Å²) in [6.07, 6.45) is 0.727. The van der Waals surface area contributed by atoms with Gasteiger partial charge in [-0.2, -0.15) is 0 Å². The topological polar surface area (TPSA) is 58.6 Å². The maximum atomic E-state index is 11.5. The molecule has 1 aromatic heterocycles. The van der Waals surface area contributed by atoms with E-state index in [2.05, 4.69) is 5.32 Å². The highest BCUT2D eigenvalue weighted by molar-refractivity contribution is 7.17. The number of aliphatic hydroxyl groups excluding tert-OH is 1. The lowest BCUT2D eigenvalue weighted by atomic mass is 10.4. The number of hydrogen-bond acceptors (Lipinski definition) is 4.